The van der Waals surface area contributed by atoms with Crippen molar-refractivity contribution in [3.05, 3.63) is 58.7 Å². The minimum Gasteiger partial charge on any atom is -0.507 e. The number of ether oxygens (including phenoxy) is 1. The lowest BCUT2D eigenvalue weighted by molar-refractivity contribution is 0.0963. The van der Waals surface area contributed by atoms with Gasteiger partial charge in [-0.15, -0.1) is 0 Å². The molecule has 0 amide bonds. The van der Waals surface area contributed by atoms with Crippen LogP contribution in [0.15, 0.2) is 36.4 Å². The number of likely N-dealkylation sites (tertiary alicyclic amines) is 1. The van der Waals surface area contributed by atoms with Crippen LogP contribution in [0.5, 0.6) is 11.5 Å². The number of amidine groups is 1. The molecule has 3 rings (SSSR count). The van der Waals surface area contributed by atoms with Crippen molar-refractivity contribution in [2.75, 3.05) is 19.7 Å². The van der Waals surface area contributed by atoms with Crippen molar-refractivity contribution in [1.82, 2.24) is 4.90 Å². The predicted molar refractivity (Wildman–Crippen MR) is 148 cm³/mol. The lowest BCUT2D eigenvalue weighted by atomic mass is 9.78. The Kier molecular flexibility index (Phi) is 8.22. The Bertz CT molecular complexity index is 1070. The Labute approximate surface area is 217 Å². The van der Waals surface area contributed by atoms with Crippen molar-refractivity contribution in [1.29, 1.82) is 5.41 Å². The van der Waals surface area contributed by atoms with E-state index >= 15 is 0 Å². The average Bonchev–Trinajstić information content (AvgIpc) is 3.07. The summed E-state index contributed by atoms with van der Waals surface area (Å²) in [4.78, 5) is 15.6. The van der Waals surface area contributed by atoms with Gasteiger partial charge >= 0.3 is 0 Å². The Morgan fingerprint density at radius 1 is 1.06 bits per heavy atom. The molecule has 196 valence electrons. The number of benzene rings is 2. The van der Waals surface area contributed by atoms with Gasteiger partial charge in [0.1, 0.15) is 17.3 Å². The van der Waals surface area contributed by atoms with Gasteiger partial charge in [0.05, 0.1) is 13.2 Å². The summed E-state index contributed by atoms with van der Waals surface area (Å²) in [7, 11) is 0. The molecule has 0 spiro atoms. The van der Waals surface area contributed by atoms with Gasteiger partial charge in [0, 0.05) is 29.2 Å². The third-order valence-corrected chi connectivity index (χ3v) is 7.13. The number of aromatic hydroxyl groups is 1. The molecule has 0 saturated carbocycles. The first-order valence-corrected chi connectivity index (χ1v) is 13.2. The number of nitrogens with zero attached hydrogens (tertiary/aromatic N) is 1. The molecule has 36 heavy (non-hydrogen) atoms. The van der Waals surface area contributed by atoms with Gasteiger partial charge < -0.3 is 14.7 Å². The topological polar surface area (TPSA) is 73.6 Å². The highest BCUT2D eigenvalue weighted by atomic mass is 16.5. The van der Waals surface area contributed by atoms with Crippen LogP contribution in [0.2, 0.25) is 0 Å². The van der Waals surface area contributed by atoms with Crippen molar-refractivity contribution < 1.29 is 14.6 Å². The smallest absolute Gasteiger partial charge is 0.182 e. The Morgan fingerprint density at radius 3 is 2.19 bits per heavy atom. The Hall–Kier alpha value is -2.82. The number of nitrogens with one attached hydrogen (secondary N) is 1. The van der Waals surface area contributed by atoms with Crippen molar-refractivity contribution in [2.24, 2.45) is 5.92 Å². The molecule has 0 aromatic heterocycles. The molecule has 0 radical (unpaired) electrons. The number of rotatable bonds is 8. The Balaban J connectivity index is 1.93. The van der Waals surface area contributed by atoms with Crippen LogP contribution in [0.3, 0.4) is 0 Å². The van der Waals surface area contributed by atoms with Crippen LogP contribution in [0.4, 0.5) is 0 Å². The fourth-order valence-electron chi connectivity index (χ4n) is 5.28. The maximum Gasteiger partial charge on any atom is 0.182 e. The lowest BCUT2D eigenvalue weighted by Crippen LogP contribution is -2.32. The minimum atomic E-state index is -0.302. The SMILES string of the molecule is CCCC1CN(CC(=O)c2cc(C(C)(C)C)c(O)c(C(C)(C)C)c2)C(=N)C1c1cccc(OCC)c1. The van der Waals surface area contributed by atoms with Gasteiger partial charge in [-0.2, -0.15) is 0 Å². The van der Waals surface area contributed by atoms with Gasteiger partial charge in [-0.1, -0.05) is 67.0 Å². The molecule has 1 aliphatic heterocycles. The van der Waals surface area contributed by atoms with E-state index in [2.05, 4.69) is 54.5 Å². The maximum absolute atomic E-state index is 13.6. The first kappa shape index (κ1) is 27.8. The summed E-state index contributed by atoms with van der Waals surface area (Å²) >= 11 is 0. The summed E-state index contributed by atoms with van der Waals surface area (Å²) in [6, 6.07) is 11.7. The highest BCUT2D eigenvalue weighted by Gasteiger charge is 2.39. The fourth-order valence-corrected chi connectivity index (χ4v) is 5.28. The van der Waals surface area contributed by atoms with Gasteiger partial charge in [-0.3, -0.25) is 10.2 Å². The molecule has 5 nitrogen and oxygen atoms in total. The summed E-state index contributed by atoms with van der Waals surface area (Å²) in [6.45, 7) is 17.9. The van der Waals surface area contributed by atoms with Gasteiger partial charge in [-0.25, -0.2) is 0 Å². The first-order valence-electron chi connectivity index (χ1n) is 13.2. The summed E-state index contributed by atoms with van der Waals surface area (Å²) in [6.07, 6.45) is 2.03. The summed E-state index contributed by atoms with van der Waals surface area (Å²) in [5, 5.41) is 20.1. The van der Waals surface area contributed by atoms with Crippen molar-refractivity contribution in [3.63, 3.8) is 0 Å². The molecule has 2 N–H and O–H groups in total. The molecule has 1 saturated heterocycles. The summed E-state index contributed by atoms with van der Waals surface area (Å²) in [5.74, 6) is 1.81. The van der Waals surface area contributed by atoms with E-state index in [9.17, 15) is 9.90 Å². The molecule has 2 aromatic carbocycles. The van der Waals surface area contributed by atoms with E-state index in [0.717, 1.165) is 35.3 Å². The largest absolute Gasteiger partial charge is 0.507 e. The van der Waals surface area contributed by atoms with Crippen LogP contribution in [-0.4, -0.2) is 41.3 Å². The zero-order valence-corrected chi connectivity index (χ0v) is 23.4. The molecule has 2 unspecified atom stereocenters. The van der Waals surface area contributed by atoms with Crippen LogP contribution in [0, 0.1) is 11.3 Å². The number of carbonyl (C=O) groups is 1. The molecule has 0 bridgehead atoms. The maximum atomic E-state index is 13.6. The van der Waals surface area contributed by atoms with E-state index in [0.29, 0.717) is 24.6 Å². The molecule has 0 aliphatic carbocycles. The second kappa shape index (κ2) is 10.7. The zero-order chi connectivity index (χ0) is 26.8. The van der Waals surface area contributed by atoms with Gasteiger partial charge in [-0.05, 0) is 59.9 Å². The van der Waals surface area contributed by atoms with Crippen molar-refractivity contribution in [2.45, 2.75) is 85.0 Å². The average molecular weight is 493 g/mol. The predicted octanol–water partition coefficient (Wildman–Crippen LogP) is 7.06. The molecule has 1 heterocycles. The second-order valence-electron chi connectivity index (χ2n) is 12.1. The number of phenolic OH excluding ortho intramolecular Hbond substituents is 1. The first-order chi connectivity index (χ1) is 16.8. The van der Waals surface area contributed by atoms with Gasteiger partial charge in [0.25, 0.3) is 0 Å². The van der Waals surface area contributed by atoms with Crippen LogP contribution in [0.1, 0.15) is 101 Å². The number of Topliss-reactive ketones (excluding diaryl/α,β-unsaturated/α-hetero) is 1. The van der Waals surface area contributed by atoms with E-state index < -0.39 is 0 Å². The van der Waals surface area contributed by atoms with Gasteiger partial charge in [0.2, 0.25) is 0 Å². The van der Waals surface area contributed by atoms with Crippen LogP contribution in [0.25, 0.3) is 0 Å². The normalized spacial score (nSPS) is 18.6. The highest BCUT2D eigenvalue weighted by molar-refractivity contribution is 6.01. The Morgan fingerprint density at radius 2 is 1.67 bits per heavy atom. The number of hydrogen-bond acceptors (Lipinski definition) is 4. The quantitative estimate of drug-likeness (QED) is 0.387. The highest BCUT2D eigenvalue weighted by Crippen LogP contribution is 2.41. The van der Waals surface area contributed by atoms with Crippen molar-refractivity contribution in [3.8, 4) is 11.5 Å². The van der Waals surface area contributed by atoms with E-state index in [-0.39, 0.29) is 40.7 Å². The molecule has 1 fully saturated rings. The van der Waals surface area contributed by atoms with E-state index in [1.54, 1.807) is 0 Å². The number of carbonyl (C=O) groups excluding carboxylic acids is 1. The van der Waals surface area contributed by atoms with Crippen LogP contribution < -0.4 is 4.74 Å². The van der Waals surface area contributed by atoms with E-state index in [1.807, 2.05) is 42.2 Å². The molecule has 5 heteroatoms. The number of phenols is 1. The standard InChI is InChI=1S/C31H44N2O3/c1-9-12-21-18-33(29(32)27(21)20-13-11-14-23(15-20)36-10-2)19-26(34)22-16-24(30(3,4)5)28(35)25(17-22)31(6,7)8/h11,13-17,21,27,32,35H,9-10,12,18-19H2,1-8H3. The monoisotopic (exact) mass is 492 g/mol. The lowest BCUT2D eigenvalue weighted by Gasteiger charge is -2.28. The second-order valence-corrected chi connectivity index (χ2v) is 12.1. The zero-order valence-electron chi connectivity index (χ0n) is 23.4. The van der Waals surface area contributed by atoms with Crippen LogP contribution in [-0.2, 0) is 10.8 Å². The molecular formula is C31H44N2O3. The molecule has 2 aromatic rings. The van der Waals surface area contributed by atoms with E-state index in [1.165, 1.54) is 0 Å². The molecule has 2 atom stereocenters. The third-order valence-electron chi connectivity index (χ3n) is 7.13. The summed E-state index contributed by atoms with van der Waals surface area (Å²) < 4.78 is 5.71. The molecule has 1 aliphatic rings. The summed E-state index contributed by atoms with van der Waals surface area (Å²) in [5.41, 5.74) is 2.64. The number of ketones is 1. The van der Waals surface area contributed by atoms with Gasteiger partial charge in [0.15, 0.2) is 5.78 Å². The fraction of sp³-hybridized carbons (Fsp3) is 0.548. The van der Waals surface area contributed by atoms with Crippen molar-refractivity contribution >= 4 is 11.6 Å². The molecular weight excluding hydrogens is 448 g/mol. The third kappa shape index (κ3) is 5.93. The van der Waals surface area contributed by atoms with E-state index in [4.69, 9.17) is 10.1 Å². The van der Waals surface area contributed by atoms with Crippen LogP contribution >= 0.6 is 0 Å². The minimum absolute atomic E-state index is 0.0188. The number of hydrogen-bond donors (Lipinski definition) is 2.